The van der Waals surface area contributed by atoms with Gasteiger partial charge in [0.15, 0.2) is 5.78 Å². The minimum atomic E-state index is -0.00463. The lowest BCUT2D eigenvalue weighted by Gasteiger charge is -2.09. The quantitative estimate of drug-likeness (QED) is 0.657. The molecule has 80 valence electrons. The number of nitrogens with one attached hydrogen (secondary N) is 2. The molecule has 5 nitrogen and oxygen atoms in total. The van der Waals surface area contributed by atoms with Crippen LogP contribution in [0.3, 0.4) is 0 Å². The molecule has 2 heterocycles. The Hall–Kier alpha value is -1.33. The van der Waals surface area contributed by atoms with Crippen LogP contribution >= 0.6 is 0 Å². The number of nitrogens with zero attached hydrogens (tertiary/aromatic N) is 2. The van der Waals surface area contributed by atoms with E-state index >= 15 is 0 Å². The first-order valence-electron chi connectivity index (χ1n) is 5.09. The molecule has 0 unspecified atom stereocenters. The highest BCUT2D eigenvalue weighted by Gasteiger charge is 2.15. The number of carbonyl (C=O) groups is 1. The summed E-state index contributed by atoms with van der Waals surface area (Å²) in [5.41, 5.74) is 0.427. The molecule has 0 bridgehead atoms. The number of carbonyl (C=O) groups excluding carboxylic acids is 1. The second kappa shape index (κ2) is 4.95. The summed E-state index contributed by atoms with van der Waals surface area (Å²) in [7, 11) is 0. The van der Waals surface area contributed by atoms with Gasteiger partial charge in [0.05, 0.1) is 12.7 Å². The molecule has 0 radical (unpaired) electrons. The van der Waals surface area contributed by atoms with Gasteiger partial charge in [-0.25, -0.2) is 4.98 Å². The van der Waals surface area contributed by atoms with Crippen molar-refractivity contribution in [3.05, 3.63) is 24.3 Å². The second-order valence-electron chi connectivity index (χ2n) is 3.58. The van der Waals surface area contributed by atoms with Crippen molar-refractivity contribution in [1.82, 2.24) is 20.6 Å². The summed E-state index contributed by atoms with van der Waals surface area (Å²) in [6, 6.07) is 0.408. The third-order valence-corrected chi connectivity index (χ3v) is 2.46. The van der Waals surface area contributed by atoms with Gasteiger partial charge in [-0.1, -0.05) is 0 Å². The fraction of sp³-hybridized carbons (Fsp3) is 0.500. The van der Waals surface area contributed by atoms with E-state index in [2.05, 4.69) is 20.6 Å². The molecule has 15 heavy (non-hydrogen) atoms. The van der Waals surface area contributed by atoms with Gasteiger partial charge in [-0.2, -0.15) is 0 Å². The summed E-state index contributed by atoms with van der Waals surface area (Å²) in [5.74, 6) is -0.00463. The van der Waals surface area contributed by atoms with Gasteiger partial charge in [-0.05, 0) is 13.0 Å². The van der Waals surface area contributed by atoms with E-state index in [-0.39, 0.29) is 5.78 Å². The Morgan fingerprint density at radius 1 is 1.60 bits per heavy atom. The maximum atomic E-state index is 11.6. The van der Waals surface area contributed by atoms with Crippen molar-refractivity contribution in [2.45, 2.75) is 12.5 Å². The van der Waals surface area contributed by atoms with E-state index in [1.807, 2.05) is 0 Å². The molecule has 0 saturated carbocycles. The monoisotopic (exact) mass is 206 g/mol. The number of rotatable bonds is 4. The van der Waals surface area contributed by atoms with Gasteiger partial charge in [0, 0.05) is 25.0 Å². The van der Waals surface area contributed by atoms with Crippen LogP contribution in [0.25, 0.3) is 0 Å². The lowest BCUT2D eigenvalue weighted by Crippen LogP contribution is -2.35. The zero-order chi connectivity index (χ0) is 10.5. The van der Waals surface area contributed by atoms with Crippen molar-refractivity contribution in [2.75, 3.05) is 19.6 Å². The molecule has 0 aliphatic carbocycles. The van der Waals surface area contributed by atoms with E-state index in [0.717, 1.165) is 19.5 Å². The Labute approximate surface area is 88.3 Å². The molecule has 0 spiro atoms. The highest BCUT2D eigenvalue weighted by Crippen LogP contribution is 1.97. The van der Waals surface area contributed by atoms with Gasteiger partial charge in [-0.3, -0.25) is 9.78 Å². The van der Waals surface area contributed by atoms with Gasteiger partial charge in [0.25, 0.3) is 0 Å². The normalized spacial score (nSPS) is 20.4. The van der Waals surface area contributed by atoms with Crippen molar-refractivity contribution in [3.8, 4) is 0 Å². The third kappa shape index (κ3) is 2.81. The van der Waals surface area contributed by atoms with Gasteiger partial charge in [0.1, 0.15) is 5.69 Å². The van der Waals surface area contributed by atoms with Crippen LogP contribution in [0.5, 0.6) is 0 Å². The highest BCUT2D eigenvalue weighted by atomic mass is 16.1. The van der Waals surface area contributed by atoms with E-state index in [4.69, 9.17) is 0 Å². The summed E-state index contributed by atoms with van der Waals surface area (Å²) < 4.78 is 0. The molecular weight excluding hydrogens is 192 g/mol. The molecule has 1 saturated heterocycles. The van der Waals surface area contributed by atoms with Crippen LogP contribution in [0.4, 0.5) is 0 Å². The standard InChI is InChI=1S/C10H14N4O/c15-10(9-6-12-3-4-13-9)7-14-8-1-2-11-5-8/h3-4,6,8,11,14H,1-2,5,7H2/t8-/m1/s1. The van der Waals surface area contributed by atoms with E-state index in [9.17, 15) is 4.79 Å². The number of aromatic nitrogens is 2. The molecule has 5 heteroatoms. The second-order valence-corrected chi connectivity index (χ2v) is 3.58. The predicted molar refractivity (Wildman–Crippen MR) is 55.6 cm³/mol. The Balaban J connectivity index is 1.82. The summed E-state index contributed by atoms with van der Waals surface area (Å²) >= 11 is 0. The third-order valence-electron chi connectivity index (χ3n) is 2.46. The van der Waals surface area contributed by atoms with Crippen molar-refractivity contribution in [3.63, 3.8) is 0 Å². The SMILES string of the molecule is O=C(CN[C@@H]1CCNC1)c1cnccn1. The predicted octanol–water partition coefficient (Wildman–Crippen LogP) is -0.389. The van der Waals surface area contributed by atoms with E-state index in [0.29, 0.717) is 18.3 Å². The fourth-order valence-electron chi connectivity index (χ4n) is 1.60. The fourth-order valence-corrected chi connectivity index (χ4v) is 1.60. The Bertz CT molecular complexity index is 321. The average Bonchev–Trinajstić information content (AvgIpc) is 2.80. The average molecular weight is 206 g/mol. The van der Waals surface area contributed by atoms with Crippen LogP contribution < -0.4 is 10.6 Å². The molecule has 1 aromatic heterocycles. The van der Waals surface area contributed by atoms with Crippen LogP contribution in [-0.2, 0) is 0 Å². The topological polar surface area (TPSA) is 66.9 Å². The molecule has 0 aromatic carbocycles. The van der Waals surface area contributed by atoms with Crippen molar-refractivity contribution in [1.29, 1.82) is 0 Å². The smallest absolute Gasteiger partial charge is 0.196 e. The maximum absolute atomic E-state index is 11.6. The first kappa shape index (κ1) is 10.2. The Morgan fingerprint density at radius 2 is 2.53 bits per heavy atom. The maximum Gasteiger partial charge on any atom is 0.196 e. The van der Waals surface area contributed by atoms with E-state index in [1.165, 1.54) is 12.4 Å². The van der Waals surface area contributed by atoms with E-state index in [1.54, 1.807) is 6.20 Å². The summed E-state index contributed by atoms with van der Waals surface area (Å²) in [4.78, 5) is 19.4. The summed E-state index contributed by atoms with van der Waals surface area (Å²) in [5, 5.41) is 6.43. The van der Waals surface area contributed by atoms with Crippen LogP contribution in [-0.4, -0.2) is 41.4 Å². The minimum Gasteiger partial charge on any atom is -0.315 e. The Kier molecular flexibility index (Phi) is 3.37. The van der Waals surface area contributed by atoms with Crippen LogP contribution in [0, 0.1) is 0 Å². The van der Waals surface area contributed by atoms with Gasteiger partial charge in [0.2, 0.25) is 0 Å². The zero-order valence-electron chi connectivity index (χ0n) is 8.44. The van der Waals surface area contributed by atoms with Crippen molar-refractivity contribution < 1.29 is 4.79 Å². The van der Waals surface area contributed by atoms with E-state index < -0.39 is 0 Å². The first-order chi connectivity index (χ1) is 7.36. The number of ketones is 1. The zero-order valence-corrected chi connectivity index (χ0v) is 8.44. The van der Waals surface area contributed by atoms with Crippen molar-refractivity contribution >= 4 is 5.78 Å². The first-order valence-corrected chi connectivity index (χ1v) is 5.09. The molecule has 0 amide bonds. The Morgan fingerprint density at radius 3 is 3.20 bits per heavy atom. The summed E-state index contributed by atoms with van der Waals surface area (Å²) in [6.45, 7) is 2.30. The number of hydrogen-bond donors (Lipinski definition) is 2. The molecule has 2 N–H and O–H groups in total. The number of Topliss-reactive ketones (excluding diaryl/α,β-unsaturated/α-hetero) is 1. The summed E-state index contributed by atoms with van der Waals surface area (Å²) in [6.07, 6.45) is 5.67. The molecule has 1 aromatic rings. The molecule has 1 fully saturated rings. The van der Waals surface area contributed by atoms with Crippen LogP contribution in [0.15, 0.2) is 18.6 Å². The minimum absolute atomic E-state index is 0.00463. The van der Waals surface area contributed by atoms with Crippen molar-refractivity contribution in [2.24, 2.45) is 0 Å². The van der Waals surface area contributed by atoms with Crippen LogP contribution in [0.2, 0.25) is 0 Å². The molecule has 1 aliphatic rings. The number of hydrogen-bond acceptors (Lipinski definition) is 5. The molecule has 1 aliphatic heterocycles. The largest absolute Gasteiger partial charge is 0.315 e. The van der Waals surface area contributed by atoms with Crippen LogP contribution in [0.1, 0.15) is 16.9 Å². The van der Waals surface area contributed by atoms with Gasteiger partial charge in [-0.15, -0.1) is 0 Å². The van der Waals surface area contributed by atoms with Gasteiger partial charge >= 0.3 is 0 Å². The molecule has 1 atom stereocenters. The molecular formula is C10H14N4O. The lowest BCUT2D eigenvalue weighted by molar-refractivity contribution is 0.0983. The lowest BCUT2D eigenvalue weighted by atomic mass is 10.2. The van der Waals surface area contributed by atoms with Gasteiger partial charge < -0.3 is 10.6 Å². The molecule has 2 rings (SSSR count). The highest BCUT2D eigenvalue weighted by molar-refractivity contribution is 5.95.